The molecule has 0 aliphatic carbocycles. The first-order valence-electron chi connectivity index (χ1n) is 5.08. The van der Waals surface area contributed by atoms with Crippen LogP contribution in [-0.4, -0.2) is 12.5 Å². The Labute approximate surface area is 95.1 Å². The molecule has 0 aliphatic heterocycles. The third-order valence-electron chi connectivity index (χ3n) is 2.37. The highest BCUT2D eigenvalue weighted by Crippen LogP contribution is 2.17. The van der Waals surface area contributed by atoms with Gasteiger partial charge in [0.1, 0.15) is 5.54 Å². The number of amides is 1. The van der Waals surface area contributed by atoms with Gasteiger partial charge in [-0.2, -0.15) is 5.26 Å². The van der Waals surface area contributed by atoms with Gasteiger partial charge < -0.3 is 11.1 Å². The smallest absolute Gasteiger partial charge is 0.244 e. The van der Waals surface area contributed by atoms with E-state index in [0.29, 0.717) is 6.54 Å². The maximum atomic E-state index is 11.8. The van der Waals surface area contributed by atoms with Crippen molar-refractivity contribution in [1.29, 1.82) is 5.26 Å². The van der Waals surface area contributed by atoms with Gasteiger partial charge in [0.25, 0.3) is 0 Å². The molecule has 0 aromatic heterocycles. The zero-order valence-electron chi connectivity index (χ0n) is 9.23. The number of carbonyl (C=O) groups excluding carboxylic acids is 1. The molecule has 0 heterocycles. The Morgan fingerprint density at radius 2 is 2.12 bits per heavy atom. The summed E-state index contributed by atoms with van der Waals surface area (Å²) >= 11 is 0. The Bertz CT molecular complexity index is 392. The number of nitrogens with one attached hydrogen (secondary N) is 1. The average Bonchev–Trinajstić information content (AvgIpc) is 2.30. The van der Waals surface area contributed by atoms with Gasteiger partial charge >= 0.3 is 0 Å². The molecule has 0 radical (unpaired) electrons. The third kappa shape index (κ3) is 2.81. The van der Waals surface area contributed by atoms with E-state index >= 15 is 0 Å². The zero-order valence-corrected chi connectivity index (χ0v) is 9.23. The predicted octanol–water partition coefficient (Wildman–Crippen LogP) is 0.890. The van der Waals surface area contributed by atoms with Crippen molar-refractivity contribution >= 4 is 5.91 Å². The van der Waals surface area contributed by atoms with Crippen LogP contribution in [0, 0.1) is 11.3 Å². The van der Waals surface area contributed by atoms with Crippen molar-refractivity contribution in [1.82, 2.24) is 5.32 Å². The Hall–Kier alpha value is -1.86. The summed E-state index contributed by atoms with van der Waals surface area (Å²) in [5.74, 6) is -0.269. The molecular weight excluding hydrogens is 202 g/mol. The molecule has 0 aliphatic rings. The topological polar surface area (TPSA) is 78.9 Å². The second-order valence-electron chi connectivity index (χ2n) is 3.73. The molecule has 1 amide bonds. The van der Waals surface area contributed by atoms with E-state index < -0.39 is 5.54 Å². The number of nitrogens with two attached hydrogens (primary N) is 1. The van der Waals surface area contributed by atoms with Gasteiger partial charge in [-0.3, -0.25) is 4.79 Å². The highest BCUT2D eigenvalue weighted by molar-refractivity contribution is 5.86. The third-order valence-corrected chi connectivity index (χ3v) is 2.37. The lowest BCUT2D eigenvalue weighted by atomic mass is 9.92. The van der Waals surface area contributed by atoms with Gasteiger partial charge in [0, 0.05) is 6.54 Å². The van der Waals surface area contributed by atoms with E-state index in [1.165, 1.54) is 0 Å². The molecule has 1 unspecified atom stereocenters. The van der Waals surface area contributed by atoms with Crippen molar-refractivity contribution in [3.05, 3.63) is 35.9 Å². The molecule has 0 fully saturated rings. The van der Waals surface area contributed by atoms with Crippen LogP contribution in [0.3, 0.4) is 0 Å². The van der Waals surface area contributed by atoms with E-state index in [1.54, 1.807) is 6.92 Å². The number of rotatable bonds is 4. The second-order valence-corrected chi connectivity index (χ2v) is 3.73. The summed E-state index contributed by atoms with van der Waals surface area (Å²) in [6.07, 6.45) is 0.288. The van der Waals surface area contributed by atoms with Gasteiger partial charge in [0.2, 0.25) is 5.91 Å². The Kier molecular flexibility index (Phi) is 4.03. The van der Waals surface area contributed by atoms with Crippen molar-refractivity contribution in [2.75, 3.05) is 6.54 Å². The highest BCUT2D eigenvalue weighted by atomic mass is 16.2. The van der Waals surface area contributed by atoms with Crippen LogP contribution in [0.15, 0.2) is 30.3 Å². The largest absolute Gasteiger partial charge is 0.353 e. The number of hydrogen-bond donors (Lipinski definition) is 2. The first kappa shape index (κ1) is 12.2. The van der Waals surface area contributed by atoms with Crippen molar-refractivity contribution < 1.29 is 4.79 Å². The van der Waals surface area contributed by atoms with Crippen molar-refractivity contribution in [3.8, 4) is 6.07 Å². The SMILES string of the molecule is CC(N)(C(=O)NCCC#N)c1ccccc1. The van der Waals surface area contributed by atoms with Gasteiger partial charge in [-0.25, -0.2) is 0 Å². The lowest BCUT2D eigenvalue weighted by Gasteiger charge is -2.23. The first-order valence-corrected chi connectivity index (χ1v) is 5.08. The van der Waals surface area contributed by atoms with Gasteiger partial charge in [0.15, 0.2) is 0 Å². The maximum Gasteiger partial charge on any atom is 0.244 e. The predicted molar refractivity (Wildman–Crippen MR) is 61.2 cm³/mol. The van der Waals surface area contributed by atoms with E-state index in [4.69, 9.17) is 11.0 Å². The van der Waals surface area contributed by atoms with Gasteiger partial charge in [-0.1, -0.05) is 30.3 Å². The molecule has 1 aromatic rings. The maximum absolute atomic E-state index is 11.8. The molecule has 0 saturated carbocycles. The summed E-state index contributed by atoms with van der Waals surface area (Å²) in [7, 11) is 0. The van der Waals surface area contributed by atoms with Gasteiger partial charge in [-0.15, -0.1) is 0 Å². The van der Waals surface area contributed by atoms with E-state index in [9.17, 15) is 4.79 Å². The number of carbonyl (C=O) groups is 1. The van der Waals surface area contributed by atoms with E-state index in [2.05, 4.69) is 5.32 Å². The minimum absolute atomic E-state index is 0.269. The Morgan fingerprint density at radius 1 is 1.50 bits per heavy atom. The molecule has 4 nitrogen and oxygen atoms in total. The van der Waals surface area contributed by atoms with Gasteiger partial charge in [-0.05, 0) is 12.5 Å². The minimum atomic E-state index is -1.06. The number of nitrogens with zero attached hydrogens (tertiary/aromatic N) is 1. The molecule has 1 atom stereocenters. The van der Waals surface area contributed by atoms with Crippen LogP contribution in [0.1, 0.15) is 18.9 Å². The quantitative estimate of drug-likeness (QED) is 0.735. The van der Waals surface area contributed by atoms with Crippen LogP contribution < -0.4 is 11.1 Å². The molecule has 0 saturated heterocycles. The molecule has 0 spiro atoms. The number of hydrogen-bond acceptors (Lipinski definition) is 3. The van der Waals surface area contributed by atoms with Crippen LogP contribution in [0.2, 0.25) is 0 Å². The standard InChI is InChI=1S/C12H15N3O/c1-12(14,10-6-3-2-4-7-10)11(16)15-9-5-8-13/h2-4,6-7H,5,9,14H2,1H3,(H,15,16). The summed E-state index contributed by atoms with van der Waals surface area (Å²) in [5, 5.41) is 11.0. The first-order chi connectivity index (χ1) is 7.59. The monoisotopic (exact) mass is 217 g/mol. The summed E-state index contributed by atoms with van der Waals surface area (Å²) in [6, 6.07) is 11.1. The van der Waals surface area contributed by atoms with Crippen LogP contribution in [0.5, 0.6) is 0 Å². The van der Waals surface area contributed by atoms with Gasteiger partial charge in [0.05, 0.1) is 12.5 Å². The normalized spacial score (nSPS) is 13.6. The molecular formula is C12H15N3O. The fraction of sp³-hybridized carbons (Fsp3) is 0.333. The number of benzene rings is 1. The zero-order chi connectivity index (χ0) is 12.0. The van der Waals surface area contributed by atoms with Crippen molar-refractivity contribution in [2.45, 2.75) is 18.9 Å². The molecule has 4 heteroatoms. The van der Waals surface area contributed by atoms with Crippen LogP contribution in [0.4, 0.5) is 0 Å². The molecule has 1 aromatic carbocycles. The van der Waals surface area contributed by atoms with E-state index in [1.807, 2.05) is 36.4 Å². The molecule has 3 N–H and O–H groups in total. The molecule has 84 valence electrons. The lowest BCUT2D eigenvalue weighted by molar-refractivity contribution is -0.126. The summed E-state index contributed by atoms with van der Waals surface area (Å²) < 4.78 is 0. The Morgan fingerprint density at radius 3 is 2.69 bits per heavy atom. The van der Waals surface area contributed by atoms with Crippen LogP contribution >= 0.6 is 0 Å². The van der Waals surface area contributed by atoms with Crippen molar-refractivity contribution in [2.24, 2.45) is 5.73 Å². The Balaban J connectivity index is 2.71. The average molecular weight is 217 g/mol. The molecule has 16 heavy (non-hydrogen) atoms. The summed E-state index contributed by atoms with van der Waals surface area (Å²) in [6.45, 7) is 1.99. The van der Waals surface area contributed by atoms with E-state index in [-0.39, 0.29) is 12.3 Å². The van der Waals surface area contributed by atoms with Crippen LogP contribution in [-0.2, 0) is 10.3 Å². The molecule has 1 rings (SSSR count). The second kappa shape index (κ2) is 5.29. The summed E-state index contributed by atoms with van der Waals surface area (Å²) in [5.41, 5.74) is 5.66. The molecule has 0 bridgehead atoms. The number of nitriles is 1. The van der Waals surface area contributed by atoms with Crippen LogP contribution in [0.25, 0.3) is 0 Å². The minimum Gasteiger partial charge on any atom is -0.353 e. The summed E-state index contributed by atoms with van der Waals surface area (Å²) in [4.78, 5) is 11.8. The van der Waals surface area contributed by atoms with Crippen molar-refractivity contribution in [3.63, 3.8) is 0 Å². The lowest BCUT2D eigenvalue weighted by Crippen LogP contribution is -2.49. The highest BCUT2D eigenvalue weighted by Gasteiger charge is 2.29. The fourth-order valence-corrected chi connectivity index (χ4v) is 1.33. The van der Waals surface area contributed by atoms with E-state index in [0.717, 1.165) is 5.56 Å². The fourth-order valence-electron chi connectivity index (χ4n) is 1.33.